The van der Waals surface area contributed by atoms with Crippen LogP contribution in [0.2, 0.25) is 0 Å². The fraction of sp³-hybridized carbons (Fsp3) is 0.889. The van der Waals surface area contributed by atoms with E-state index in [2.05, 4.69) is 25.7 Å². The minimum absolute atomic E-state index is 0.429. The van der Waals surface area contributed by atoms with Crippen LogP contribution in [-0.2, 0) is 4.79 Å². The molecule has 0 aliphatic heterocycles. The summed E-state index contributed by atoms with van der Waals surface area (Å²) in [5, 5.41) is 0. The molecule has 0 fully saturated rings. The van der Waals surface area contributed by atoms with E-state index in [0.29, 0.717) is 12.6 Å². The van der Waals surface area contributed by atoms with Gasteiger partial charge in [0.15, 0.2) is 0 Å². The molecular formula is C9H21N3O. The Morgan fingerprint density at radius 2 is 2.00 bits per heavy atom. The van der Waals surface area contributed by atoms with Crippen LogP contribution in [-0.4, -0.2) is 36.0 Å². The van der Waals surface area contributed by atoms with E-state index < -0.39 is 11.9 Å². The Balaban J connectivity index is 4.04. The van der Waals surface area contributed by atoms with Crippen LogP contribution in [0.3, 0.4) is 0 Å². The van der Waals surface area contributed by atoms with Crippen molar-refractivity contribution in [1.29, 1.82) is 0 Å². The van der Waals surface area contributed by atoms with E-state index in [-0.39, 0.29) is 0 Å². The minimum Gasteiger partial charge on any atom is -0.368 e. The number of nitrogens with zero attached hydrogens (tertiary/aromatic N) is 1. The molecule has 0 saturated carbocycles. The molecule has 0 aromatic rings. The van der Waals surface area contributed by atoms with Crippen molar-refractivity contribution in [2.45, 2.75) is 39.3 Å². The van der Waals surface area contributed by atoms with Gasteiger partial charge in [-0.05, 0) is 19.9 Å². The lowest BCUT2D eigenvalue weighted by Gasteiger charge is -2.28. The van der Waals surface area contributed by atoms with Crippen LogP contribution in [0.15, 0.2) is 0 Å². The fourth-order valence-electron chi connectivity index (χ4n) is 1.22. The topological polar surface area (TPSA) is 72.3 Å². The van der Waals surface area contributed by atoms with Gasteiger partial charge in [-0.2, -0.15) is 0 Å². The molecule has 0 aliphatic rings. The van der Waals surface area contributed by atoms with Crippen LogP contribution < -0.4 is 11.5 Å². The predicted molar refractivity (Wildman–Crippen MR) is 54.2 cm³/mol. The number of nitrogens with two attached hydrogens (primary N) is 2. The van der Waals surface area contributed by atoms with Gasteiger partial charge >= 0.3 is 0 Å². The van der Waals surface area contributed by atoms with Gasteiger partial charge in [-0.15, -0.1) is 0 Å². The van der Waals surface area contributed by atoms with Crippen LogP contribution >= 0.6 is 0 Å². The second kappa shape index (κ2) is 5.94. The third-order valence-corrected chi connectivity index (χ3v) is 2.42. The van der Waals surface area contributed by atoms with Crippen molar-refractivity contribution in [3.8, 4) is 0 Å². The molecule has 0 saturated heterocycles. The molecular weight excluding hydrogens is 166 g/mol. The van der Waals surface area contributed by atoms with E-state index in [1.807, 2.05) is 0 Å². The SMILES string of the molecule is CCC(C)N(CC)CC(N)C(N)=O. The molecule has 0 aromatic heterocycles. The summed E-state index contributed by atoms with van der Waals surface area (Å²) in [6, 6.07) is -0.0932. The van der Waals surface area contributed by atoms with Gasteiger partial charge < -0.3 is 11.5 Å². The standard InChI is InChI=1S/C9H21N3O/c1-4-7(3)12(5-2)6-8(10)9(11)13/h7-8H,4-6,10H2,1-3H3,(H2,11,13). The highest BCUT2D eigenvalue weighted by Crippen LogP contribution is 2.02. The van der Waals surface area contributed by atoms with Crippen molar-refractivity contribution >= 4 is 5.91 Å². The van der Waals surface area contributed by atoms with Crippen molar-refractivity contribution in [2.75, 3.05) is 13.1 Å². The monoisotopic (exact) mass is 187 g/mol. The van der Waals surface area contributed by atoms with E-state index in [1.54, 1.807) is 0 Å². The van der Waals surface area contributed by atoms with Crippen LogP contribution in [0.4, 0.5) is 0 Å². The lowest BCUT2D eigenvalue weighted by atomic mass is 10.2. The molecule has 0 radical (unpaired) electrons. The lowest BCUT2D eigenvalue weighted by Crippen LogP contribution is -2.48. The molecule has 2 unspecified atom stereocenters. The molecule has 4 heteroatoms. The first kappa shape index (κ1) is 12.4. The maximum absolute atomic E-state index is 10.7. The van der Waals surface area contributed by atoms with Gasteiger partial charge in [0.25, 0.3) is 0 Å². The first-order valence-electron chi connectivity index (χ1n) is 4.81. The molecule has 4 N–H and O–H groups in total. The van der Waals surface area contributed by atoms with Crippen LogP contribution in [0.1, 0.15) is 27.2 Å². The molecule has 0 rings (SSSR count). The number of likely N-dealkylation sites (N-methyl/N-ethyl adjacent to an activating group) is 1. The maximum Gasteiger partial charge on any atom is 0.235 e. The van der Waals surface area contributed by atoms with Crippen LogP contribution in [0.5, 0.6) is 0 Å². The van der Waals surface area contributed by atoms with E-state index in [9.17, 15) is 4.79 Å². The van der Waals surface area contributed by atoms with Gasteiger partial charge in [0.1, 0.15) is 0 Å². The Labute approximate surface area is 80.3 Å². The van der Waals surface area contributed by atoms with Gasteiger partial charge in [-0.1, -0.05) is 13.8 Å². The maximum atomic E-state index is 10.7. The van der Waals surface area contributed by atoms with Crippen molar-refractivity contribution < 1.29 is 4.79 Å². The molecule has 0 bridgehead atoms. The zero-order valence-electron chi connectivity index (χ0n) is 8.79. The van der Waals surface area contributed by atoms with E-state index in [1.165, 1.54) is 0 Å². The number of rotatable bonds is 6. The molecule has 0 heterocycles. The van der Waals surface area contributed by atoms with Crippen molar-refractivity contribution in [3.63, 3.8) is 0 Å². The Morgan fingerprint density at radius 1 is 1.46 bits per heavy atom. The van der Waals surface area contributed by atoms with Gasteiger partial charge in [-0.3, -0.25) is 9.69 Å². The zero-order valence-corrected chi connectivity index (χ0v) is 8.79. The Morgan fingerprint density at radius 3 is 2.31 bits per heavy atom. The van der Waals surface area contributed by atoms with E-state index in [0.717, 1.165) is 13.0 Å². The third kappa shape index (κ3) is 4.24. The largest absolute Gasteiger partial charge is 0.368 e. The summed E-state index contributed by atoms with van der Waals surface area (Å²) in [7, 11) is 0. The highest BCUT2D eigenvalue weighted by Gasteiger charge is 2.16. The van der Waals surface area contributed by atoms with Crippen molar-refractivity contribution in [1.82, 2.24) is 4.90 Å². The summed E-state index contributed by atoms with van der Waals surface area (Å²) in [5.41, 5.74) is 10.7. The lowest BCUT2D eigenvalue weighted by molar-refractivity contribution is -0.119. The number of carbonyl (C=O) groups excluding carboxylic acids is 1. The number of amides is 1. The Kier molecular flexibility index (Phi) is 5.66. The second-order valence-corrected chi connectivity index (χ2v) is 3.35. The first-order valence-corrected chi connectivity index (χ1v) is 4.81. The third-order valence-electron chi connectivity index (χ3n) is 2.42. The number of carbonyl (C=O) groups is 1. The Bertz CT molecular complexity index is 161. The molecule has 13 heavy (non-hydrogen) atoms. The van der Waals surface area contributed by atoms with Gasteiger partial charge in [0.05, 0.1) is 6.04 Å². The quantitative estimate of drug-likeness (QED) is 0.611. The second-order valence-electron chi connectivity index (χ2n) is 3.35. The molecule has 4 nitrogen and oxygen atoms in total. The molecule has 0 aromatic carbocycles. The normalized spacial score (nSPS) is 15.8. The highest BCUT2D eigenvalue weighted by atomic mass is 16.1. The number of hydrogen-bond donors (Lipinski definition) is 2. The summed E-state index contributed by atoms with van der Waals surface area (Å²) < 4.78 is 0. The summed E-state index contributed by atoms with van der Waals surface area (Å²) in [5.74, 6) is -0.429. The summed E-state index contributed by atoms with van der Waals surface area (Å²) in [6.07, 6.45) is 1.05. The molecule has 0 spiro atoms. The smallest absolute Gasteiger partial charge is 0.235 e. The van der Waals surface area contributed by atoms with Gasteiger partial charge in [-0.25, -0.2) is 0 Å². The van der Waals surface area contributed by atoms with Crippen molar-refractivity contribution in [2.24, 2.45) is 11.5 Å². The molecule has 1 amide bonds. The Hall–Kier alpha value is -0.610. The highest BCUT2D eigenvalue weighted by molar-refractivity contribution is 5.79. The van der Waals surface area contributed by atoms with E-state index in [4.69, 9.17) is 11.5 Å². The molecule has 0 aliphatic carbocycles. The average Bonchev–Trinajstić information content (AvgIpc) is 2.12. The summed E-state index contributed by atoms with van der Waals surface area (Å²) >= 11 is 0. The fourth-order valence-corrected chi connectivity index (χ4v) is 1.22. The predicted octanol–water partition coefficient (Wildman–Crippen LogP) is -0.0806. The molecule has 2 atom stereocenters. The summed E-state index contributed by atoms with van der Waals surface area (Å²) in [4.78, 5) is 12.9. The number of primary amides is 1. The minimum atomic E-state index is -0.547. The van der Waals surface area contributed by atoms with E-state index >= 15 is 0 Å². The average molecular weight is 187 g/mol. The van der Waals surface area contributed by atoms with Crippen LogP contribution in [0, 0.1) is 0 Å². The van der Waals surface area contributed by atoms with Gasteiger partial charge in [0, 0.05) is 12.6 Å². The van der Waals surface area contributed by atoms with Crippen LogP contribution in [0.25, 0.3) is 0 Å². The van der Waals surface area contributed by atoms with Gasteiger partial charge in [0.2, 0.25) is 5.91 Å². The number of hydrogen-bond acceptors (Lipinski definition) is 3. The van der Waals surface area contributed by atoms with Crippen molar-refractivity contribution in [3.05, 3.63) is 0 Å². The molecule has 78 valence electrons. The zero-order chi connectivity index (χ0) is 10.4. The summed E-state index contributed by atoms with van der Waals surface area (Å²) in [6.45, 7) is 7.75. The first-order chi connectivity index (χ1) is 6.02.